The SMILES string of the molecule is O=C(c1cccs1)c1ccccc1C(=O)N1CCC(n2c(=O)[nH]c3ccccc32)CC1. The Labute approximate surface area is 182 Å². The number of para-hydroxylation sites is 2. The molecule has 4 aromatic rings. The van der Waals surface area contributed by atoms with Gasteiger partial charge in [0.05, 0.1) is 21.5 Å². The lowest BCUT2D eigenvalue weighted by Gasteiger charge is -2.33. The highest BCUT2D eigenvalue weighted by atomic mass is 32.1. The lowest BCUT2D eigenvalue weighted by Crippen LogP contribution is -2.41. The maximum atomic E-state index is 13.3. The molecule has 6 nitrogen and oxygen atoms in total. The average molecular weight is 432 g/mol. The van der Waals surface area contributed by atoms with Crippen molar-refractivity contribution >= 4 is 34.1 Å². The molecule has 0 atom stereocenters. The number of benzene rings is 2. The first-order valence-corrected chi connectivity index (χ1v) is 11.2. The van der Waals surface area contributed by atoms with Crippen LogP contribution in [0.2, 0.25) is 0 Å². The summed E-state index contributed by atoms with van der Waals surface area (Å²) in [5.74, 6) is -0.260. The van der Waals surface area contributed by atoms with E-state index in [9.17, 15) is 14.4 Å². The lowest BCUT2D eigenvalue weighted by molar-refractivity contribution is 0.0691. The molecule has 1 aliphatic heterocycles. The topological polar surface area (TPSA) is 75.2 Å². The van der Waals surface area contributed by atoms with Crippen LogP contribution in [-0.4, -0.2) is 39.2 Å². The zero-order chi connectivity index (χ0) is 21.4. The van der Waals surface area contributed by atoms with Crippen LogP contribution in [-0.2, 0) is 0 Å². The van der Waals surface area contributed by atoms with Crippen LogP contribution in [0.5, 0.6) is 0 Å². The highest BCUT2D eigenvalue weighted by Crippen LogP contribution is 2.27. The van der Waals surface area contributed by atoms with Gasteiger partial charge in [-0.15, -0.1) is 11.3 Å². The Morgan fingerprint density at radius 2 is 1.61 bits per heavy atom. The summed E-state index contributed by atoms with van der Waals surface area (Å²) in [6.07, 6.45) is 1.38. The van der Waals surface area contributed by atoms with Gasteiger partial charge in [-0.2, -0.15) is 0 Å². The van der Waals surface area contributed by atoms with E-state index >= 15 is 0 Å². The third-order valence-corrected chi connectivity index (χ3v) is 6.76. The van der Waals surface area contributed by atoms with Crippen LogP contribution in [0.25, 0.3) is 11.0 Å². The van der Waals surface area contributed by atoms with Gasteiger partial charge in [-0.05, 0) is 42.5 Å². The number of nitrogens with zero attached hydrogens (tertiary/aromatic N) is 2. The van der Waals surface area contributed by atoms with E-state index in [1.165, 1.54) is 11.3 Å². The molecule has 1 N–H and O–H groups in total. The molecule has 1 amide bonds. The maximum Gasteiger partial charge on any atom is 0.326 e. The molecule has 2 aromatic heterocycles. The molecule has 1 aliphatic rings. The van der Waals surface area contributed by atoms with E-state index in [1.807, 2.05) is 40.3 Å². The minimum absolute atomic E-state index is 0.0377. The summed E-state index contributed by atoms with van der Waals surface area (Å²) >= 11 is 1.37. The molecule has 31 heavy (non-hydrogen) atoms. The summed E-state index contributed by atoms with van der Waals surface area (Å²) in [5, 5.41) is 1.86. The van der Waals surface area contributed by atoms with Crippen molar-refractivity contribution in [3.63, 3.8) is 0 Å². The number of aromatic nitrogens is 2. The highest BCUT2D eigenvalue weighted by Gasteiger charge is 2.28. The third-order valence-electron chi connectivity index (χ3n) is 5.89. The van der Waals surface area contributed by atoms with Crippen LogP contribution in [0.1, 0.15) is 44.5 Å². The number of imidazole rings is 1. The number of thiophene rings is 1. The molecule has 2 aromatic carbocycles. The zero-order valence-electron chi connectivity index (χ0n) is 16.8. The standard InChI is InChI=1S/C24H21N3O3S/c28-22(21-10-5-15-31-21)17-6-1-2-7-18(17)23(29)26-13-11-16(12-14-26)27-20-9-4-3-8-19(20)25-24(27)30/h1-10,15-16H,11-14H2,(H,25,30). The minimum atomic E-state index is -0.134. The van der Waals surface area contributed by atoms with E-state index in [-0.39, 0.29) is 23.4 Å². The number of amides is 1. The van der Waals surface area contributed by atoms with E-state index in [4.69, 9.17) is 0 Å². The molecule has 1 fully saturated rings. The smallest absolute Gasteiger partial charge is 0.326 e. The number of nitrogens with one attached hydrogen (secondary N) is 1. The number of carbonyl (C=O) groups is 2. The van der Waals surface area contributed by atoms with Gasteiger partial charge >= 0.3 is 5.69 Å². The van der Waals surface area contributed by atoms with Gasteiger partial charge in [-0.25, -0.2) is 4.79 Å². The van der Waals surface area contributed by atoms with Crippen molar-refractivity contribution in [1.82, 2.24) is 14.5 Å². The number of likely N-dealkylation sites (tertiary alicyclic amines) is 1. The Bertz CT molecular complexity index is 1310. The van der Waals surface area contributed by atoms with Gasteiger partial charge in [0.15, 0.2) is 0 Å². The fourth-order valence-corrected chi connectivity index (χ4v) is 5.02. The second kappa shape index (κ2) is 8.00. The summed E-state index contributed by atoms with van der Waals surface area (Å²) in [7, 11) is 0. The predicted octanol–water partition coefficient (Wildman–Crippen LogP) is 4.10. The van der Waals surface area contributed by atoms with Crippen molar-refractivity contribution in [2.24, 2.45) is 0 Å². The number of piperidine rings is 1. The number of H-pyrrole nitrogens is 1. The van der Waals surface area contributed by atoms with E-state index < -0.39 is 0 Å². The average Bonchev–Trinajstić information content (AvgIpc) is 3.46. The zero-order valence-corrected chi connectivity index (χ0v) is 17.6. The number of fused-ring (bicyclic) bond motifs is 1. The van der Waals surface area contributed by atoms with Gasteiger partial charge in [0.25, 0.3) is 5.91 Å². The molecule has 0 bridgehead atoms. The fourth-order valence-electron chi connectivity index (χ4n) is 4.34. The van der Waals surface area contributed by atoms with Crippen LogP contribution in [0, 0.1) is 0 Å². The molecular formula is C24H21N3O3S. The molecular weight excluding hydrogens is 410 g/mol. The van der Waals surface area contributed by atoms with Crippen molar-refractivity contribution in [2.45, 2.75) is 18.9 Å². The number of ketones is 1. The molecule has 0 spiro atoms. The van der Waals surface area contributed by atoms with Crippen molar-refractivity contribution in [2.75, 3.05) is 13.1 Å². The molecule has 0 aliphatic carbocycles. The molecule has 3 heterocycles. The summed E-state index contributed by atoms with van der Waals surface area (Å²) in [5.41, 5.74) is 2.47. The van der Waals surface area contributed by atoms with E-state index in [1.54, 1.807) is 35.2 Å². The van der Waals surface area contributed by atoms with Gasteiger partial charge in [0.1, 0.15) is 0 Å². The first kappa shape index (κ1) is 19.5. The van der Waals surface area contributed by atoms with Crippen molar-refractivity contribution in [3.8, 4) is 0 Å². The van der Waals surface area contributed by atoms with E-state index in [2.05, 4.69) is 4.98 Å². The van der Waals surface area contributed by atoms with Gasteiger partial charge in [0, 0.05) is 24.7 Å². The van der Waals surface area contributed by atoms with Crippen LogP contribution in [0.3, 0.4) is 0 Å². The van der Waals surface area contributed by atoms with Crippen molar-refractivity contribution in [1.29, 1.82) is 0 Å². The number of carbonyl (C=O) groups excluding carboxylic acids is 2. The van der Waals surface area contributed by atoms with E-state index in [0.29, 0.717) is 41.9 Å². The lowest BCUT2D eigenvalue weighted by atomic mass is 9.99. The molecule has 5 rings (SSSR count). The van der Waals surface area contributed by atoms with Gasteiger partial charge in [-0.3, -0.25) is 14.2 Å². The Balaban J connectivity index is 1.36. The summed E-state index contributed by atoms with van der Waals surface area (Å²) in [6.45, 7) is 1.08. The Hall–Kier alpha value is -3.45. The number of aromatic amines is 1. The summed E-state index contributed by atoms with van der Waals surface area (Å²) < 4.78 is 1.81. The summed E-state index contributed by atoms with van der Waals surface area (Å²) in [4.78, 5) is 44.0. The first-order chi connectivity index (χ1) is 15.1. The first-order valence-electron chi connectivity index (χ1n) is 10.3. The normalized spacial score (nSPS) is 14.8. The van der Waals surface area contributed by atoms with Gasteiger partial charge < -0.3 is 9.88 Å². The molecule has 156 valence electrons. The predicted molar refractivity (Wildman–Crippen MR) is 121 cm³/mol. The van der Waals surface area contributed by atoms with Crippen molar-refractivity contribution in [3.05, 3.63) is 92.5 Å². The second-order valence-corrected chi connectivity index (χ2v) is 8.64. The largest absolute Gasteiger partial charge is 0.338 e. The van der Waals surface area contributed by atoms with Gasteiger partial charge in [0.2, 0.25) is 5.78 Å². The number of rotatable bonds is 4. The monoisotopic (exact) mass is 431 g/mol. The van der Waals surface area contributed by atoms with E-state index in [0.717, 1.165) is 11.0 Å². The van der Waals surface area contributed by atoms with Gasteiger partial charge in [-0.1, -0.05) is 36.4 Å². The van der Waals surface area contributed by atoms with Crippen LogP contribution >= 0.6 is 11.3 Å². The maximum absolute atomic E-state index is 13.3. The molecule has 0 saturated carbocycles. The summed E-state index contributed by atoms with van der Waals surface area (Å²) in [6, 6.07) is 18.3. The third kappa shape index (κ3) is 3.51. The van der Waals surface area contributed by atoms with Crippen LogP contribution < -0.4 is 5.69 Å². The Kier molecular flexibility index (Phi) is 5.03. The molecule has 0 unspecified atom stereocenters. The molecule has 0 radical (unpaired) electrons. The second-order valence-electron chi connectivity index (χ2n) is 7.69. The van der Waals surface area contributed by atoms with Crippen molar-refractivity contribution < 1.29 is 9.59 Å². The molecule has 7 heteroatoms. The minimum Gasteiger partial charge on any atom is -0.338 e. The number of hydrogen-bond donors (Lipinski definition) is 1. The van der Waals surface area contributed by atoms with Crippen LogP contribution in [0.15, 0.2) is 70.8 Å². The quantitative estimate of drug-likeness (QED) is 0.495. The molecule has 1 saturated heterocycles. The number of hydrogen-bond acceptors (Lipinski definition) is 4. The fraction of sp³-hybridized carbons (Fsp3) is 0.208. The van der Waals surface area contributed by atoms with Crippen LogP contribution in [0.4, 0.5) is 0 Å². The highest BCUT2D eigenvalue weighted by molar-refractivity contribution is 7.12. The Morgan fingerprint density at radius 3 is 2.35 bits per heavy atom. The Morgan fingerprint density at radius 1 is 0.903 bits per heavy atom.